The molecule has 0 unspecified atom stereocenters. The van der Waals surface area contributed by atoms with E-state index in [0.717, 1.165) is 25.0 Å². The van der Waals surface area contributed by atoms with Crippen molar-refractivity contribution in [1.29, 1.82) is 0 Å². The van der Waals surface area contributed by atoms with Crippen molar-refractivity contribution >= 4 is 0 Å². The van der Waals surface area contributed by atoms with E-state index in [1.807, 2.05) is 0 Å². The van der Waals surface area contributed by atoms with E-state index < -0.39 is 0 Å². The van der Waals surface area contributed by atoms with E-state index in [1.165, 1.54) is 45.1 Å². The topological polar surface area (TPSA) is 15.3 Å². The minimum absolute atomic E-state index is 0.380. The first kappa shape index (κ1) is 17.0. The smallest absolute Gasteiger partial charge is 0.00926 e. The summed E-state index contributed by atoms with van der Waals surface area (Å²) in [5, 5.41) is 3.57. The lowest BCUT2D eigenvalue weighted by Gasteiger charge is -2.39. The van der Waals surface area contributed by atoms with Crippen molar-refractivity contribution < 1.29 is 0 Å². The van der Waals surface area contributed by atoms with E-state index in [0.29, 0.717) is 5.41 Å². The molecular weight excluding hydrogens is 232 g/mol. The highest BCUT2D eigenvalue weighted by atomic mass is 15.1. The van der Waals surface area contributed by atoms with Gasteiger partial charge >= 0.3 is 0 Å². The van der Waals surface area contributed by atoms with Crippen LogP contribution in [0.5, 0.6) is 0 Å². The van der Waals surface area contributed by atoms with Gasteiger partial charge in [-0.05, 0) is 57.0 Å². The second-order valence-electron chi connectivity index (χ2n) is 7.34. The fraction of sp³-hybridized carbons (Fsp3) is 1.00. The van der Waals surface area contributed by atoms with Gasteiger partial charge in [0.05, 0.1) is 0 Å². The van der Waals surface area contributed by atoms with Gasteiger partial charge in [-0.2, -0.15) is 0 Å². The first-order valence-corrected chi connectivity index (χ1v) is 8.39. The maximum atomic E-state index is 3.57. The third-order valence-corrected chi connectivity index (χ3v) is 4.72. The van der Waals surface area contributed by atoms with Gasteiger partial charge in [-0.3, -0.25) is 0 Å². The summed E-state index contributed by atoms with van der Waals surface area (Å²) in [6.07, 6.45) is 8.32. The Kier molecular flexibility index (Phi) is 7.38. The molecule has 0 saturated heterocycles. The maximum absolute atomic E-state index is 3.57. The van der Waals surface area contributed by atoms with Gasteiger partial charge in [-0.1, -0.05) is 34.1 Å². The summed E-state index contributed by atoms with van der Waals surface area (Å²) in [5.74, 6) is 1.00. The van der Waals surface area contributed by atoms with Gasteiger partial charge < -0.3 is 10.2 Å². The molecule has 1 fully saturated rings. The lowest BCUT2D eigenvalue weighted by molar-refractivity contribution is 0.116. The fourth-order valence-electron chi connectivity index (χ4n) is 3.46. The second kappa shape index (κ2) is 8.26. The first-order valence-electron chi connectivity index (χ1n) is 8.39. The van der Waals surface area contributed by atoms with Gasteiger partial charge in [0.15, 0.2) is 0 Å². The molecule has 1 aliphatic carbocycles. The van der Waals surface area contributed by atoms with E-state index >= 15 is 0 Å². The molecule has 1 aliphatic rings. The summed E-state index contributed by atoms with van der Waals surface area (Å²) in [6.45, 7) is 12.9. The molecule has 1 N–H and O–H groups in total. The van der Waals surface area contributed by atoms with Gasteiger partial charge in [0.1, 0.15) is 0 Å². The molecule has 2 heteroatoms. The van der Waals surface area contributed by atoms with Crippen LogP contribution in [0.25, 0.3) is 0 Å². The quantitative estimate of drug-likeness (QED) is 0.671. The predicted octanol–water partition coefficient (Wildman–Crippen LogP) is 3.91. The number of hydrogen-bond acceptors (Lipinski definition) is 2. The molecule has 19 heavy (non-hydrogen) atoms. The summed E-state index contributed by atoms with van der Waals surface area (Å²) in [4.78, 5) is 2.62. The molecule has 0 radical (unpaired) electrons. The largest absolute Gasteiger partial charge is 0.316 e. The Morgan fingerprint density at radius 1 is 1.11 bits per heavy atom. The predicted molar refractivity (Wildman–Crippen MR) is 85.6 cm³/mol. The van der Waals surface area contributed by atoms with Crippen molar-refractivity contribution in [3.63, 3.8) is 0 Å². The highest BCUT2D eigenvalue weighted by molar-refractivity contribution is 4.82. The van der Waals surface area contributed by atoms with E-state index in [9.17, 15) is 0 Å². The van der Waals surface area contributed by atoms with Crippen LogP contribution in [0.2, 0.25) is 0 Å². The van der Waals surface area contributed by atoms with Gasteiger partial charge in [0, 0.05) is 19.1 Å². The van der Waals surface area contributed by atoms with Gasteiger partial charge in [0.25, 0.3) is 0 Å². The van der Waals surface area contributed by atoms with Crippen molar-refractivity contribution in [2.45, 2.75) is 72.3 Å². The zero-order valence-corrected chi connectivity index (χ0v) is 14.0. The minimum atomic E-state index is 0.380. The van der Waals surface area contributed by atoms with Crippen molar-refractivity contribution in [3.05, 3.63) is 0 Å². The molecule has 1 rings (SSSR count). The number of rotatable bonds is 8. The molecule has 114 valence electrons. The van der Waals surface area contributed by atoms with Gasteiger partial charge in [-0.15, -0.1) is 0 Å². The first-order chi connectivity index (χ1) is 8.98. The number of hydrogen-bond donors (Lipinski definition) is 1. The van der Waals surface area contributed by atoms with Crippen molar-refractivity contribution in [3.8, 4) is 0 Å². The molecule has 0 aromatic rings. The lowest BCUT2D eigenvalue weighted by Crippen LogP contribution is -2.44. The zero-order chi connectivity index (χ0) is 14.3. The number of nitrogens with zero attached hydrogens (tertiary/aromatic N) is 1. The van der Waals surface area contributed by atoms with Crippen LogP contribution in [0.3, 0.4) is 0 Å². The van der Waals surface area contributed by atoms with Gasteiger partial charge in [-0.25, -0.2) is 0 Å². The van der Waals surface area contributed by atoms with Crippen LogP contribution in [0.1, 0.15) is 66.2 Å². The normalized spacial score (nSPS) is 24.9. The van der Waals surface area contributed by atoms with Crippen molar-refractivity contribution in [2.24, 2.45) is 11.3 Å². The minimum Gasteiger partial charge on any atom is -0.316 e. The average molecular weight is 268 g/mol. The van der Waals surface area contributed by atoms with Crippen LogP contribution in [0.4, 0.5) is 0 Å². The monoisotopic (exact) mass is 268 g/mol. The molecule has 0 spiro atoms. The van der Waals surface area contributed by atoms with Crippen LogP contribution in [0.15, 0.2) is 0 Å². The molecule has 1 saturated carbocycles. The van der Waals surface area contributed by atoms with Gasteiger partial charge in [0.2, 0.25) is 0 Å². The Morgan fingerprint density at radius 2 is 1.74 bits per heavy atom. The maximum Gasteiger partial charge on any atom is 0.00926 e. The number of nitrogens with one attached hydrogen (secondary N) is 1. The van der Waals surface area contributed by atoms with Crippen LogP contribution in [0, 0.1) is 11.3 Å². The summed E-state index contributed by atoms with van der Waals surface area (Å²) >= 11 is 0. The third-order valence-electron chi connectivity index (χ3n) is 4.72. The van der Waals surface area contributed by atoms with E-state index in [2.05, 4.69) is 45.0 Å². The fourth-order valence-corrected chi connectivity index (χ4v) is 3.46. The van der Waals surface area contributed by atoms with Crippen LogP contribution < -0.4 is 5.32 Å². The van der Waals surface area contributed by atoms with Crippen molar-refractivity contribution in [2.75, 3.05) is 26.7 Å². The molecular formula is C17H36N2. The molecule has 0 atom stereocenters. The SMILES string of the molecule is CCCNCC(C)(C)CN(C)C1CCC(CC)CC1. The summed E-state index contributed by atoms with van der Waals surface area (Å²) in [5.41, 5.74) is 0.380. The third kappa shape index (κ3) is 6.27. The molecule has 0 aromatic heterocycles. The van der Waals surface area contributed by atoms with E-state index in [4.69, 9.17) is 0 Å². The lowest BCUT2D eigenvalue weighted by atomic mass is 9.83. The molecule has 2 nitrogen and oxygen atoms in total. The zero-order valence-electron chi connectivity index (χ0n) is 14.0. The van der Waals surface area contributed by atoms with Crippen LogP contribution in [-0.2, 0) is 0 Å². The Balaban J connectivity index is 2.31. The second-order valence-corrected chi connectivity index (χ2v) is 7.34. The Bertz CT molecular complexity index is 229. The summed E-state index contributed by atoms with van der Waals surface area (Å²) < 4.78 is 0. The van der Waals surface area contributed by atoms with Crippen LogP contribution >= 0.6 is 0 Å². The Labute approximate surface area is 121 Å². The summed E-state index contributed by atoms with van der Waals surface area (Å²) in [7, 11) is 2.33. The van der Waals surface area contributed by atoms with E-state index in [1.54, 1.807) is 0 Å². The van der Waals surface area contributed by atoms with Crippen LogP contribution in [-0.4, -0.2) is 37.6 Å². The highest BCUT2D eigenvalue weighted by Gasteiger charge is 2.27. The highest BCUT2D eigenvalue weighted by Crippen LogP contribution is 2.30. The Hall–Kier alpha value is -0.0800. The Morgan fingerprint density at radius 3 is 2.26 bits per heavy atom. The average Bonchev–Trinajstić information content (AvgIpc) is 2.38. The standard InChI is InChI=1S/C17H36N2/c1-6-12-18-13-17(3,4)14-19(5)16-10-8-15(7-2)9-11-16/h15-16,18H,6-14H2,1-5H3. The molecule has 0 aliphatic heterocycles. The van der Waals surface area contributed by atoms with E-state index in [-0.39, 0.29) is 0 Å². The molecule has 0 aromatic carbocycles. The molecule has 0 bridgehead atoms. The van der Waals surface area contributed by atoms with Crippen molar-refractivity contribution in [1.82, 2.24) is 10.2 Å². The molecule has 0 amide bonds. The summed E-state index contributed by atoms with van der Waals surface area (Å²) in [6, 6.07) is 0.827. The molecule has 0 heterocycles.